The van der Waals surface area contributed by atoms with Crippen molar-refractivity contribution in [1.29, 1.82) is 0 Å². The second-order valence-electron chi connectivity index (χ2n) is 7.53. The van der Waals surface area contributed by atoms with Crippen LogP contribution in [0.5, 0.6) is 0 Å². The second-order valence-corrected chi connectivity index (χ2v) is 10.5. The number of H-pyrrole nitrogens is 1. The number of hydrogen-bond donors (Lipinski definition) is 5. The van der Waals surface area contributed by atoms with Gasteiger partial charge in [0.2, 0.25) is 5.16 Å². The Hall–Kier alpha value is -2.88. The minimum Gasteiger partial charge on any atom is -0.481 e. The average Bonchev–Trinajstić information content (AvgIpc) is 3.26. The van der Waals surface area contributed by atoms with Gasteiger partial charge in [-0.15, -0.1) is 16.9 Å². The number of aromatic amines is 1. The molecule has 184 valence electrons. The lowest BCUT2D eigenvalue weighted by Gasteiger charge is -2.49. The number of thioether (sulfide) groups is 2. The van der Waals surface area contributed by atoms with Crippen LogP contribution in [0.3, 0.4) is 0 Å². The number of carbonyl (C=O) groups excluding carboxylic acids is 2. The molecule has 1 aromatic carbocycles. The molecule has 3 atom stereocenters. The van der Waals surface area contributed by atoms with E-state index < -0.39 is 41.3 Å². The van der Waals surface area contributed by atoms with Crippen molar-refractivity contribution >= 4 is 63.2 Å². The predicted octanol–water partition coefficient (Wildman–Crippen LogP) is 0.759. The summed E-state index contributed by atoms with van der Waals surface area (Å²) >= 11 is 5.68. The Morgan fingerprint density at radius 3 is 2.66 bits per heavy atom. The van der Waals surface area contributed by atoms with Crippen LogP contribution in [0.1, 0.15) is 17.5 Å². The number of hydrogen-bond acceptors (Lipinski definition) is 9. The van der Waals surface area contributed by atoms with Gasteiger partial charge in [-0.3, -0.25) is 24.4 Å². The number of nitrogens with zero attached hydrogens (tertiary/aromatic N) is 3. The molecule has 0 aliphatic carbocycles. The highest BCUT2D eigenvalue weighted by atomic mass is 79.9. The number of aliphatic hydroxyl groups excluding tert-OH is 1. The van der Waals surface area contributed by atoms with Crippen molar-refractivity contribution in [3.8, 4) is 0 Å². The molecule has 12 nitrogen and oxygen atoms in total. The summed E-state index contributed by atoms with van der Waals surface area (Å²) in [4.78, 5) is 53.3. The van der Waals surface area contributed by atoms with Crippen LogP contribution in [0.25, 0.3) is 0 Å². The lowest BCUT2D eigenvalue weighted by atomic mass is 10.0. The molecule has 2 amide bonds. The van der Waals surface area contributed by atoms with Crippen LogP contribution in [0, 0.1) is 0 Å². The van der Waals surface area contributed by atoms with Gasteiger partial charge in [0.1, 0.15) is 29.4 Å². The molecule has 5 N–H and O–H groups in total. The number of carbonyl (C=O) groups is 4. The molecule has 2 aromatic rings. The van der Waals surface area contributed by atoms with Crippen LogP contribution in [0.2, 0.25) is 0 Å². The molecule has 35 heavy (non-hydrogen) atoms. The maximum absolute atomic E-state index is 12.8. The van der Waals surface area contributed by atoms with Gasteiger partial charge in [0, 0.05) is 16.0 Å². The fourth-order valence-electron chi connectivity index (χ4n) is 3.54. The summed E-state index contributed by atoms with van der Waals surface area (Å²) in [5.74, 6) is -3.04. The van der Waals surface area contributed by atoms with E-state index in [0.717, 1.165) is 21.1 Å². The van der Waals surface area contributed by atoms with Crippen LogP contribution < -0.4 is 5.32 Å². The van der Waals surface area contributed by atoms with Gasteiger partial charge in [-0.2, -0.15) is 0 Å². The van der Waals surface area contributed by atoms with Crippen LogP contribution in [0.4, 0.5) is 0 Å². The van der Waals surface area contributed by atoms with Crippen molar-refractivity contribution in [2.24, 2.45) is 0 Å². The van der Waals surface area contributed by atoms with Gasteiger partial charge in [0.05, 0.1) is 0 Å². The van der Waals surface area contributed by atoms with Crippen molar-refractivity contribution < 1.29 is 34.5 Å². The number of carboxylic acids is 2. The zero-order chi connectivity index (χ0) is 25.3. The first kappa shape index (κ1) is 25.2. The Bertz CT molecular complexity index is 1220. The van der Waals surface area contributed by atoms with E-state index in [9.17, 15) is 29.4 Å². The third kappa shape index (κ3) is 5.37. The maximum atomic E-state index is 12.8. The SMILES string of the molecule is O=C(O)Cc1nc(SCC2=C(C(=O)O)N3C(=O)C(NC(=O)C(O)c4ccc(Br)cc4)[C@@H]3SC2)n[nH]1. The van der Waals surface area contributed by atoms with E-state index in [4.69, 9.17) is 5.11 Å². The lowest BCUT2D eigenvalue weighted by Crippen LogP contribution is -2.70. The Kier molecular flexibility index (Phi) is 7.49. The maximum Gasteiger partial charge on any atom is 0.352 e. The minimum atomic E-state index is -1.48. The summed E-state index contributed by atoms with van der Waals surface area (Å²) in [7, 11) is 0. The zero-order valence-electron chi connectivity index (χ0n) is 17.7. The molecule has 0 saturated carbocycles. The summed E-state index contributed by atoms with van der Waals surface area (Å²) in [6.45, 7) is 0. The molecule has 0 spiro atoms. The molecule has 0 bridgehead atoms. The molecule has 1 fully saturated rings. The second kappa shape index (κ2) is 10.4. The number of nitrogens with one attached hydrogen (secondary N) is 2. The lowest BCUT2D eigenvalue weighted by molar-refractivity contribution is -0.151. The molecule has 3 heterocycles. The zero-order valence-corrected chi connectivity index (χ0v) is 20.9. The van der Waals surface area contributed by atoms with Crippen molar-refractivity contribution in [1.82, 2.24) is 25.4 Å². The van der Waals surface area contributed by atoms with E-state index in [-0.39, 0.29) is 34.6 Å². The Morgan fingerprint density at radius 1 is 1.29 bits per heavy atom. The Morgan fingerprint density at radius 2 is 2.00 bits per heavy atom. The van der Waals surface area contributed by atoms with E-state index in [1.54, 1.807) is 24.3 Å². The third-order valence-corrected chi connectivity index (χ3v) is 7.99. The summed E-state index contributed by atoms with van der Waals surface area (Å²) in [5, 5.41) is 37.5. The van der Waals surface area contributed by atoms with Gasteiger partial charge in [0.25, 0.3) is 11.8 Å². The smallest absolute Gasteiger partial charge is 0.352 e. The molecule has 2 aliphatic rings. The topological polar surface area (TPSA) is 186 Å². The third-order valence-electron chi connectivity index (χ3n) is 5.19. The molecule has 4 rings (SSSR count). The summed E-state index contributed by atoms with van der Waals surface area (Å²) in [6.07, 6.45) is -1.80. The largest absolute Gasteiger partial charge is 0.481 e. The molecular formula is C20H18BrN5O7S2. The quantitative estimate of drug-likeness (QED) is 0.207. The number of rotatable bonds is 9. The van der Waals surface area contributed by atoms with Gasteiger partial charge >= 0.3 is 11.9 Å². The van der Waals surface area contributed by atoms with E-state index in [1.807, 2.05) is 0 Å². The molecule has 15 heteroatoms. The number of aromatic nitrogens is 3. The van der Waals surface area contributed by atoms with Gasteiger partial charge in [-0.1, -0.05) is 39.8 Å². The van der Waals surface area contributed by atoms with Crippen LogP contribution >= 0.6 is 39.5 Å². The predicted molar refractivity (Wildman–Crippen MR) is 127 cm³/mol. The van der Waals surface area contributed by atoms with E-state index >= 15 is 0 Å². The van der Waals surface area contributed by atoms with Crippen molar-refractivity contribution in [2.45, 2.75) is 29.1 Å². The normalized spacial score (nSPS) is 20.2. The highest BCUT2D eigenvalue weighted by Crippen LogP contribution is 2.41. The van der Waals surface area contributed by atoms with Crippen LogP contribution in [-0.2, 0) is 25.6 Å². The number of carboxylic acid groups (broad SMARTS) is 2. The first-order valence-corrected chi connectivity index (χ1v) is 12.9. The van der Waals surface area contributed by atoms with Gasteiger partial charge in [0.15, 0.2) is 6.10 Å². The summed E-state index contributed by atoms with van der Waals surface area (Å²) < 4.78 is 0.781. The number of amides is 2. The molecule has 1 saturated heterocycles. The summed E-state index contributed by atoms with van der Waals surface area (Å²) in [6, 6.07) is 5.54. The van der Waals surface area contributed by atoms with Crippen molar-refractivity contribution in [2.75, 3.05) is 11.5 Å². The Balaban J connectivity index is 1.42. The fraction of sp³-hybridized carbons (Fsp3) is 0.300. The standard InChI is InChI=1S/C20H18BrN5O7S2/c21-10-3-1-8(2-4-10)15(29)16(30)23-13-17(31)26-14(19(32)33)9(6-34-18(13)26)7-35-20-22-11(24-25-20)5-12(27)28/h1-4,13,15,18,29H,5-7H2,(H,23,30)(H,27,28)(H,32,33)(H,22,24,25)/t13?,15?,18-/m0/s1. The van der Waals surface area contributed by atoms with Crippen molar-refractivity contribution in [3.63, 3.8) is 0 Å². The van der Waals surface area contributed by atoms with Gasteiger partial charge < -0.3 is 20.6 Å². The number of β-lactam (4-membered cyclic amide) rings is 1. The Labute approximate surface area is 214 Å². The molecular weight excluding hydrogens is 566 g/mol. The number of fused-ring (bicyclic) bond motifs is 1. The van der Waals surface area contributed by atoms with Gasteiger partial charge in [-0.25, -0.2) is 9.78 Å². The number of benzene rings is 1. The van der Waals surface area contributed by atoms with Crippen molar-refractivity contribution in [3.05, 3.63) is 51.4 Å². The highest BCUT2D eigenvalue weighted by molar-refractivity contribution is 9.10. The van der Waals surface area contributed by atoms with E-state index in [1.165, 1.54) is 11.8 Å². The molecule has 2 aliphatic heterocycles. The van der Waals surface area contributed by atoms with Gasteiger partial charge in [-0.05, 0) is 23.3 Å². The molecule has 1 aromatic heterocycles. The first-order valence-electron chi connectivity index (χ1n) is 10.1. The van der Waals surface area contributed by atoms with E-state index in [0.29, 0.717) is 11.1 Å². The summed E-state index contributed by atoms with van der Waals surface area (Å²) in [5.41, 5.74) is 0.669. The monoisotopic (exact) mass is 583 g/mol. The fourth-order valence-corrected chi connectivity index (χ4v) is 6.11. The molecule has 2 unspecified atom stereocenters. The minimum absolute atomic E-state index is 0.161. The number of aliphatic hydroxyl groups is 1. The number of aliphatic carboxylic acids is 2. The highest BCUT2D eigenvalue weighted by Gasteiger charge is 2.54. The number of halogens is 1. The van der Waals surface area contributed by atoms with Crippen LogP contribution in [0.15, 0.2) is 45.2 Å². The first-order chi connectivity index (χ1) is 16.7. The van der Waals surface area contributed by atoms with Crippen LogP contribution in [-0.4, -0.2) is 82.1 Å². The molecule has 0 radical (unpaired) electrons. The van der Waals surface area contributed by atoms with E-state index in [2.05, 4.69) is 36.4 Å². The average molecular weight is 584 g/mol.